The van der Waals surface area contributed by atoms with E-state index in [1.807, 2.05) is 0 Å². The van der Waals surface area contributed by atoms with Crippen molar-refractivity contribution in [3.63, 3.8) is 0 Å². The van der Waals surface area contributed by atoms with Crippen molar-refractivity contribution in [2.75, 3.05) is 12.4 Å². The Morgan fingerprint density at radius 1 is 1.14 bits per heavy atom. The molecule has 0 bridgehead atoms. The van der Waals surface area contributed by atoms with Gasteiger partial charge in [-0.25, -0.2) is 9.37 Å². The molecule has 0 atom stereocenters. The van der Waals surface area contributed by atoms with Crippen molar-refractivity contribution < 1.29 is 18.3 Å². The summed E-state index contributed by atoms with van der Waals surface area (Å²) < 4.78 is 24.3. The molecule has 28 heavy (non-hydrogen) atoms. The number of rotatable bonds is 4. The summed E-state index contributed by atoms with van der Waals surface area (Å²) in [6.07, 6.45) is 0. The van der Waals surface area contributed by atoms with Crippen molar-refractivity contribution in [1.29, 1.82) is 0 Å². The van der Waals surface area contributed by atoms with Crippen LogP contribution in [0.15, 0.2) is 65.1 Å². The lowest BCUT2D eigenvalue weighted by molar-refractivity contribution is 0.102. The number of ether oxygens (including phenoxy) is 1. The number of hydrogen-bond acceptors (Lipinski definition) is 4. The molecule has 1 heterocycles. The van der Waals surface area contributed by atoms with E-state index in [4.69, 9.17) is 20.8 Å². The predicted octanol–water partition coefficient (Wildman–Crippen LogP) is 5.55. The Balaban J connectivity index is 1.63. The fraction of sp³-hybridized carbons (Fsp3) is 0.0476. The van der Waals surface area contributed by atoms with E-state index in [0.717, 1.165) is 0 Å². The smallest absolute Gasteiger partial charge is 0.259 e. The number of fused-ring (bicyclic) bond motifs is 1. The lowest BCUT2D eigenvalue weighted by atomic mass is 10.1. The van der Waals surface area contributed by atoms with Crippen LogP contribution in [0.5, 0.6) is 5.75 Å². The zero-order valence-corrected chi connectivity index (χ0v) is 15.5. The van der Waals surface area contributed by atoms with Crippen LogP contribution in [0.2, 0.25) is 5.02 Å². The van der Waals surface area contributed by atoms with Crippen LogP contribution < -0.4 is 10.1 Å². The largest absolute Gasteiger partial charge is 0.496 e. The summed E-state index contributed by atoms with van der Waals surface area (Å²) in [5.74, 6) is -0.0250. The maximum atomic E-state index is 13.4. The first kappa shape index (κ1) is 18.0. The van der Waals surface area contributed by atoms with Gasteiger partial charge in [-0.1, -0.05) is 17.7 Å². The molecule has 4 rings (SSSR count). The van der Waals surface area contributed by atoms with E-state index in [9.17, 15) is 9.18 Å². The Bertz CT molecular complexity index is 1190. The summed E-state index contributed by atoms with van der Waals surface area (Å²) >= 11 is 5.99. The molecule has 0 aliphatic heterocycles. The average molecular weight is 397 g/mol. The highest BCUT2D eigenvalue weighted by molar-refractivity contribution is 6.31. The van der Waals surface area contributed by atoms with E-state index in [0.29, 0.717) is 44.6 Å². The third-order valence-electron chi connectivity index (χ3n) is 4.12. The molecule has 0 saturated heterocycles. The summed E-state index contributed by atoms with van der Waals surface area (Å²) in [6.45, 7) is 0. The number of anilines is 1. The van der Waals surface area contributed by atoms with Gasteiger partial charge in [0.2, 0.25) is 5.89 Å². The quantitative estimate of drug-likeness (QED) is 0.491. The van der Waals surface area contributed by atoms with Crippen LogP contribution in [0.3, 0.4) is 0 Å². The predicted molar refractivity (Wildman–Crippen MR) is 105 cm³/mol. The summed E-state index contributed by atoms with van der Waals surface area (Å²) in [7, 11) is 1.48. The highest BCUT2D eigenvalue weighted by Crippen LogP contribution is 2.28. The normalized spacial score (nSPS) is 10.8. The van der Waals surface area contributed by atoms with Crippen LogP contribution in [0.25, 0.3) is 22.6 Å². The van der Waals surface area contributed by atoms with Gasteiger partial charge >= 0.3 is 0 Å². The van der Waals surface area contributed by atoms with Crippen molar-refractivity contribution in [2.45, 2.75) is 0 Å². The molecule has 0 saturated carbocycles. The Kier molecular flexibility index (Phi) is 4.71. The monoisotopic (exact) mass is 396 g/mol. The number of carbonyl (C=O) groups is 1. The minimum Gasteiger partial charge on any atom is -0.496 e. The van der Waals surface area contributed by atoms with Gasteiger partial charge in [-0.15, -0.1) is 0 Å². The maximum absolute atomic E-state index is 13.4. The lowest BCUT2D eigenvalue weighted by Gasteiger charge is -2.09. The van der Waals surface area contributed by atoms with E-state index < -0.39 is 0 Å². The molecule has 3 aromatic carbocycles. The van der Waals surface area contributed by atoms with Crippen LogP contribution in [0, 0.1) is 5.82 Å². The molecule has 1 amide bonds. The Labute approximate surface area is 164 Å². The second-order valence-corrected chi connectivity index (χ2v) is 6.45. The summed E-state index contributed by atoms with van der Waals surface area (Å²) in [5.41, 5.74) is 2.44. The second-order valence-electron chi connectivity index (χ2n) is 6.01. The number of methoxy groups -OCH3 is 1. The van der Waals surface area contributed by atoms with Gasteiger partial charge in [0.25, 0.3) is 5.91 Å². The summed E-state index contributed by atoms with van der Waals surface area (Å²) in [6, 6.07) is 15.9. The molecule has 0 fully saturated rings. The van der Waals surface area contributed by atoms with Crippen molar-refractivity contribution in [2.24, 2.45) is 0 Å². The average Bonchev–Trinajstić information content (AvgIpc) is 3.11. The SMILES string of the molecule is COc1ccc(Cl)cc1C(=O)Nc1ccc2oc(-c3cccc(F)c3)nc2c1. The molecule has 1 aromatic heterocycles. The highest BCUT2D eigenvalue weighted by Gasteiger charge is 2.15. The highest BCUT2D eigenvalue weighted by atomic mass is 35.5. The van der Waals surface area contributed by atoms with Crippen molar-refractivity contribution in [3.05, 3.63) is 77.1 Å². The van der Waals surface area contributed by atoms with Crippen LogP contribution in [0.1, 0.15) is 10.4 Å². The molecule has 4 aromatic rings. The number of hydrogen-bond donors (Lipinski definition) is 1. The molecule has 0 unspecified atom stereocenters. The lowest BCUT2D eigenvalue weighted by Crippen LogP contribution is -2.13. The molecular formula is C21H14ClFN2O3. The number of halogens is 2. The van der Waals surface area contributed by atoms with Gasteiger partial charge in [-0.2, -0.15) is 0 Å². The molecule has 7 heteroatoms. The summed E-state index contributed by atoms with van der Waals surface area (Å²) in [5, 5.41) is 3.22. The van der Waals surface area contributed by atoms with Gasteiger partial charge in [-0.3, -0.25) is 4.79 Å². The van der Waals surface area contributed by atoms with E-state index in [-0.39, 0.29) is 11.7 Å². The third-order valence-corrected chi connectivity index (χ3v) is 4.36. The minimum absolute atomic E-state index is 0.300. The fourth-order valence-corrected chi connectivity index (χ4v) is 2.98. The van der Waals surface area contributed by atoms with Crippen LogP contribution in [0.4, 0.5) is 10.1 Å². The van der Waals surface area contributed by atoms with Crippen LogP contribution in [-0.2, 0) is 0 Å². The van der Waals surface area contributed by atoms with Crippen LogP contribution in [-0.4, -0.2) is 18.0 Å². The van der Waals surface area contributed by atoms with E-state index in [2.05, 4.69) is 10.3 Å². The van der Waals surface area contributed by atoms with E-state index in [1.54, 1.807) is 42.5 Å². The molecule has 0 aliphatic carbocycles. The maximum Gasteiger partial charge on any atom is 0.259 e. The van der Waals surface area contributed by atoms with Gasteiger partial charge in [0.1, 0.15) is 17.1 Å². The standard InChI is InChI=1S/C21H14ClFN2O3/c1-27-18-7-5-13(22)10-16(18)20(26)24-15-6-8-19-17(11-15)25-21(28-19)12-3-2-4-14(23)9-12/h2-11H,1H3,(H,24,26). The van der Waals surface area contributed by atoms with Gasteiger partial charge in [0.05, 0.1) is 12.7 Å². The number of aromatic nitrogens is 1. The first-order valence-electron chi connectivity index (χ1n) is 8.35. The third kappa shape index (κ3) is 3.54. The zero-order chi connectivity index (χ0) is 19.7. The van der Waals surface area contributed by atoms with Gasteiger partial charge < -0.3 is 14.5 Å². The Morgan fingerprint density at radius 3 is 2.79 bits per heavy atom. The van der Waals surface area contributed by atoms with E-state index in [1.165, 1.54) is 25.3 Å². The van der Waals surface area contributed by atoms with Crippen molar-refractivity contribution in [1.82, 2.24) is 4.98 Å². The number of oxazole rings is 1. The summed E-state index contributed by atoms with van der Waals surface area (Å²) in [4.78, 5) is 17.0. The second kappa shape index (κ2) is 7.32. The van der Waals surface area contributed by atoms with Crippen molar-refractivity contribution >= 4 is 34.3 Å². The molecule has 1 N–H and O–H groups in total. The number of benzene rings is 3. The molecular weight excluding hydrogens is 383 g/mol. The van der Waals surface area contributed by atoms with Crippen LogP contribution >= 0.6 is 11.6 Å². The fourth-order valence-electron chi connectivity index (χ4n) is 2.81. The number of amides is 1. The molecule has 5 nitrogen and oxygen atoms in total. The number of nitrogens with zero attached hydrogens (tertiary/aromatic N) is 1. The topological polar surface area (TPSA) is 64.4 Å². The molecule has 140 valence electrons. The molecule has 0 aliphatic rings. The van der Waals surface area contributed by atoms with Gasteiger partial charge in [-0.05, 0) is 54.6 Å². The number of nitrogens with one attached hydrogen (secondary N) is 1. The first-order chi connectivity index (χ1) is 13.5. The van der Waals surface area contributed by atoms with E-state index >= 15 is 0 Å². The van der Waals surface area contributed by atoms with Crippen molar-refractivity contribution in [3.8, 4) is 17.2 Å². The Morgan fingerprint density at radius 2 is 2.00 bits per heavy atom. The van der Waals surface area contributed by atoms with Gasteiger partial charge in [0.15, 0.2) is 5.58 Å². The number of carbonyl (C=O) groups excluding carboxylic acids is 1. The van der Waals surface area contributed by atoms with Gasteiger partial charge in [0, 0.05) is 16.3 Å². The Hall–Kier alpha value is -3.38. The first-order valence-corrected chi connectivity index (χ1v) is 8.73. The zero-order valence-electron chi connectivity index (χ0n) is 14.7. The minimum atomic E-state index is -0.372. The molecule has 0 spiro atoms. The molecule has 0 radical (unpaired) electrons.